The molecule has 0 aliphatic heterocycles. The average Bonchev–Trinajstić information content (AvgIpc) is 2.58. The van der Waals surface area contributed by atoms with Gasteiger partial charge in [0, 0.05) is 0 Å². The van der Waals surface area contributed by atoms with Gasteiger partial charge in [-0.1, -0.05) is 26.7 Å². The summed E-state index contributed by atoms with van der Waals surface area (Å²) in [6.07, 6.45) is 6.62. The van der Waals surface area contributed by atoms with E-state index in [-0.39, 0.29) is 6.10 Å². The van der Waals surface area contributed by atoms with Gasteiger partial charge in [0.25, 0.3) is 0 Å². The molecule has 1 heteroatoms. The summed E-state index contributed by atoms with van der Waals surface area (Å²) in [5.41, 5.74) is 0. The molecule has 2 saturated carbocycles. The van der Waals surface area contributed by atoms with E-state index in [1.54, 1.807) is 0 Å². The SMILES string of the molecule is CCCC(C)C(O)C1C2CCCC21. The molecule has 2 aliphatic rings. The van der Waals surface area contributed by atoms with Crippen LogP contribution >= 0.6 is 0 Å². The molecule has 2 fully saturated rings. The zero-order valence-corrected chi connectivity index (χ0v) is 8.87. The normalized spacial score (nSPS) is 41.3. The van der Waals surface area contributed by atoms with Crippen LogP contribution in [0, 0.1) is 23.7 Å². The number of fused-ring (bicyclic) bond motifs is 1. The van der Waals surface area contributed by atoms with E-state index < -0.39 is 0 Å². The maximum atomic E-state index is 10.1. The van der Waals surface area contributed by atoms with Gasteiger partial charge in [0.1, 0.15) is 0 Å². The lowest BCUT2D eigenvalue weighted by Crippen LogP contribution is -2.22. The van der Waals surface area contributed by atoms with Crippen molar-refractivity contribution >= 4 is 0 Å². The third kappa shape index (κ3) is 1.63. The van der Waals surface area contributed by atoms with Crippen molar-refractivity contribution in [1.82, 2.24) is 0 Å². The molecule has 0 aromatic carbocycles. The lowest BCUT2D eigenvalue weighted by atomic mass is 9.92. The lowest BCUT2D eigenvalue weighted by molar-refractivity contribution is 0.0773. The summed E-state index contributed by atoms with van der Waals surface area (Å²) in [6, 6.07) is 0. The molecule has 2 aliphatic carbocycles. The summed E-state index contributed by atoms with van der Waals surface area (Å²) >= 11 is 0. The molecule has 0 saturated heterocycles. The van der Waals surface area contributed by atoms with E-state index in [0.29, 0.717) is 11.8 Å². The fourth-order valence-electron chi connectivity index (χ4n) is 3.39. The van der Waals surface area contributed by atoms with Gasteiger partial charge in [-0.2, -0.15) is 0 Å². The van der Waals surface area contributed by atoms with E-state index in [1.807, 2.05) is 0 Å². The molecule has 0 heterocycles. The first-order chi connectivity index (χ1) is 6.25. The standard InChI is InChI=1S/C12H22O/c1-3-5-8(2)12(13)11-9-6-4-7-10(9)11/h8-13H,3-7H2,1-2H3. The molecule has 0 spiro atoms. The highest BCUT2D eigenvalue weighted by Gasteiger charge is 2.56. The van der Waals surface area contributed by atoms with E-state index in [1.165, 1.54) is 32.1 Å². The van der Waals surface area contributed by atoms with Gasteiger partial charge in [-0.3, -0.25) is 0 Å². The molecule has 13 heavy (non-hydrogen) atoms. The maximum Gasteiger partial charge on any atom is 0.0599 e. The van der Waals surface area contributed by atoms with Crippen molar-refractivity contribution in [3.63, 3.8) is 0 Å². The van der Waals surface area contributed by atoms with Gasteiger partial charge in [-0.25, -0.2) is 0 Å². The Balaban J connectivity index is 1.81. The number of aliphatic hydroxyl groups excluding tert-OH is 1. The Bertz CT molecular complexity index is 168. The van der Waals surface area contributed by atoms with Crippen LogP contribution in [0.15, 0.2) is 0 Å². The Kier molecular flexibility index (Phi) is 2.64. The van der Waals surface area contributed by atoms with Crippen LogP contribution in [0.2, 0.25) is 0 Å². The maximum absolute atomic E-state index is 10.1. The van der Waals surface area contributed by atoms with Crippen LogP contribution in [0.5, 0.6) is 0 Å². The van der Waals surface area contributed by atoms with Crippen molar-refractivity contribution < 1.29 is 5.11 Å². The molecule has 2 rings (SSSR count). The Labute approximate surface area is 81.5 Å². The summed E-state index contributed by atoms with van der Waals surface area (Å²) in [5.74, 6) is 3.04. The quantitative estimate of drug-likeness (QED) is 0.709. The first-order valence-electron chi connectivity index (χ1n) is 5.93. The number of rotatable bonds is 4. The molecule has 0 radical (unpaired) electrons. The van der Waals surface area contributed by atoms with E-state index in [0.717, 1.165) is 11.8 Å². The fourth-order valence-corrected chi connectivity index (χ4v) is 3.39. The molecule has 0 aromatic heterocycles. The van der Waals surface area contributed by atoms with E-state index in [4.69, 9.17) is 0 Å². The van der Waals surface area contributed by atoms with Crippen LogP contribution in [0.1, 0.15) is 46.0 Å². The van der Waals surface area contributed by atoms with E-state index in [9.17, 15) is 5.11 Å². The lowest BCUT2D eigenvalue weighted by Gasteiger charge is -2.19. The van der Waals surface area contributed by atoms with Gasteiger partial charge in [0.15, 0.2) is 0 Å². The van der Waals surface area contributed by atoms with Crippen LogP contribution in [0.4, 0.5) is 0 Å². The summed E-state index contributed by atoms with van der Waals surface area (Å²) in [6.45, 7) is 4.42. The summed E-state index contributed by atoms with van der Waals surface area (Å²) in [7, 11) is 0. The van der Waals surface area contributed by atoms with Crippen LogP contribution < -0.4 is 0 Å². The predicted octanol–water partition coefficient (Wildman–Crippen LogP) is 2.83. The summed E-state index contributed by atoms with van der Waals surface area (Å²) in [5, 5.41) is 10.1. The van der Waals surface area contributed by atoms with Gasteiger partial charge < -0.3 is 5.11 Å². The van der Waals surface area contributed by atoms with Gasteiger partial charge in [0.05, 0.1) is 6.10 Å². The van der Waals surface area contributed by atoms with Crippen LogP contribution in [-0.2, 0) is 0 Å². The topological polar surface area (TPSA) is 20.2 Å². The molecular formula is C12H22O. The number of aliphatic hydroxyl groups is 1. The van der Waals surface area contributed by atoms with E-state index >= 15 is 0 Å². The molecule has 4 atom stereocenters. The van der Waals surface area contributed by atoms with Crippen LogP contribution in [-0.4, -0.2) is 11.2 Å². The largest absolute Gasteiger partial charge is 0.393 e. The highest BCUT2D eigenvalue weighted by Crippen LogP contribution is 2.60. The second kappa shape index (κ2) is 3.61. The number of hydrogen-bond acceptors (Lipinski definition) is 1. The fraction of sp³-hybridized carbons (Fsp3) is 1.00. The second-order valence-corrected chi connectivity index (χ2v) is 5.09. The minimum absolute atomic E-state index is 0.00949. The van der Waals surface area contributed by atoms with Crippen molar-refractivity contribution in [3.05, 3.63) is 0 Å². The second-order valence-electron chi connectivity index (χ2n) is 5.09. The summed E-state index contributed by atoms with van der Waals surface area (Å²) < 4.78 is 0. The van der Waals surface area contributed by atoms with Crippen molar-refractivity contribution in [2.75, 3.05) is 0 Å². The third-order valence-corrected chi connectivity index (χ3v) is 4.19. The zero-order valence-electron chi connectivity index (χ0n) is 8.87. The highest BCUT2D eigenvalue weighted by atomic mass is 16.3. The molecule has 0 aromatic rings. The molecular weight excluding hydrogens is 160 g/mol. The Morgan fingerprint density at radius 3 is 2.46 bits per heavy atom. The van der Waals surface area contributed by atoms with Crippen LogP contribution in [0.25, 0.3) is 0 Å². The van der Waals surface area contributed by atoms with Gasteiger partial charge in [0.2, 0.25) is 0 Å². The Hall–Kier alpha value is -0.0400. The minimum atomic E-state index is 0.00949. The third-order valence-electron chi connectivity index (χ3n) is 4.19. The Morgan fingerprint density at radius 1 is 1.31 bits per heavy atom. The molecule has 1 nitrogen and oxygen atoms in total. The average molecular weight is 182 g/mol. The predicted molar refractivity (Wildman–Crippen MR) is 54.4 cm³/mol. The zero-order chi connectivity index (χ0) is 9.42. The summed E-state index contributed by atoms with van der Waals surface area (Å²) in [4.78, 5) is 0. The van der Waals surface area contributed by atoms with Crippen molar-refractivity contribution in [2.24, 2.45) is 23.7 Å². The number of hydrogen-bond donors (Lipinski definition) is 1. The van der Waals surface area contributed by atoms with Crippen molar-refractivity contribution in [3.8, 4) is 0 Å². The first-order valence-corrected chi connectivity index (χ1v) is 5.93. The molecule has 4 unspecified atom stereocenters. The first kappa shape index (κ1) is 9.51. The monoisotopic (exact) mass is 182 g/mol. The van der Waals surface area contributed by atoms with Crippen molar-refractivity contribution in [1.29, 1.82) is 0 Å². The smallest absolute Gasteiger partial charge is 0.0599 e. The van der Waals surface area contributed by atoms with E-state index in [2.05, 4.69) is 13.8 Å². The van der Waals surface area contributed by atoms with Gasteiger partial charge in [-0.15, -0.1) is 0 Å². The minimum Gasteiger partial charge on any atom is -0.393 e. The molecule has 0 amide bonds. The molecule has 1 N–H and O–H groups in total. The molecule has 0 bridgehead atoms. The van der Waals surface area contributed by atoms with Gasteiger partial charge in [-0.05, 0) is 42.9 Å². The Morgan fingerprint density at radius 2 is 1.92 bits per heavy atom. The van der Waals surface area contributed by atoms with Crippen LogP contribution in [0.3, 0.4) is 0 Å². The molecule has 76 valence electrons. The highest BCUT2D eigenvalue weighted by molar-refractivity contribution is 5.04. The van der Waals surface area contributed by atoms with Gasteiger partial charge >= 0.3 is 0 Å². The van der Waals surface area contributed by atoms with Crippen molar-refractivity contribution in [2.45, 2.75) is 52.1 Å².